The lowest BCUT2D eigenvalue weighted by Gasteiger charge is -2.17. The van der Waals surface area contributed by atoms with Crippen LogP contribution in [0.15, 0.2) is 29.4 Å². The van der Waals surface area contributed by atoms with Gasteiger partial charge in [-0.1, -0.05) is 11.8 Å². The predicted molar refractivity (Wildman–Crippen MR) is 105 cm³/mol. The van der Waals surface area contributed by atoms with Crippen LogP contribution in [0.1, 0.15) is 44.3 Å². The topological polar surface area (TPSA) is 63.1 Å². The van der Waals surface area contributed by atoms with Gasteiger partial charge in [-0.2, -0.15) is 0 Å². The van der Waals surface area contributed by atoms with Gasteiger partial charge >= 0.3 is 0 Å². The molecule has 0 radical (unpaired) electrons. The Morgan fingerprint density at radius 2 is 1.92 bits per heavy atom. The summed E-state index contributed by atoms with van der Waals surface area (Å²) in [7, 11) is 0. The number of aromatic nitrogens is 3. The van der Waals surface area contributed by atoms with Crippen molar-refractivity contribution in [1.82, 2.24) is 14.8 Å². The fraction of sp³-hybridized carbons (Fsp3) is 0.526. The smallest absolute Gasteiger partial charge is 0.234 e. The zero-order valence-electron chi connectivity index (χ0n) is 15.1. The summed E-state index contributed by atoms with van der Waals surface area (Å²) in [5.41, 5.74) is 2.08. The summed E-state index contributed by atoms with van der Waals surface area (Å²) in [5.74, 6) is 1.98. The Kier molecular flexibility index (Phi) is 5.15. The average Bonchev–Trinajstić information content (AvgIpc) is 3.20. The molecule has 1 amide bonds. The minimum absolute atomic E-state index is 0.0115. The van der Waals surface area contributed by atoms with E-state index in [9.17, 15) is 4.79 Å². The van der Waals surface area contributed by atoms with Crippen molar-refractivity contribution in [2.24, 2.45) is 0 Å². The number of hydrogen-bond donors (Lipinski definition) is 1. The van der Waals surface area contributed by atoms with Gasteiger partial charge in [-0.3, -0.25) is 4.79 Å². The third-order valence-electron chi connectivity index (χ3n) is 4.96. The van der Waals surface area contributed by atoms with Crippen LogP contribution in [0.25, 0.3) is 0 Å². The molecule has 1 saturated heterocycles. The molecule has 1 aromatic carbocycles. The number of amides is 1. The Labute approximate surface area is 158 Å². The minimum Gasteiger partial charge on any atom is -0.372 e. The van der Waals surface area contributed by atoms with Crippen LogP contribution in [0.2, 0.25) is 0 Å². The van der Waals surface area contributed by atoms with E-state index in [4.69, 9.17) is 0 Å². The summed E-state index contributed by atoms with van der Waals surface area (Å²) in [6, 6.07) is 8.14. The summed E-state index contributed by atoms with van der Waals surface area (Å²) in [6.07, 6.45) is 4.94. The van der Waals surface area contributed by atoms with Crippen molar-refractivity contribution < 1.29 is 4.79 Å². The normalized spacial score (nSPS) is 16.9. The molecule has 1 aliphatic heterocycles. The summed E-state index contributed by atoms with van der Waals surface area (Å²) in [4.78, 5) is 14.7. The van der Waals surface area contributed by atoms with Gasteiger partial charge in [0.25, 0.3) is 0 Å². The number of nitrogens with one attached hydrogen (secondary N) is 1. The Bertz CT molecular complexity index is 763. The van der Waals surface area contributed by atoms with Gasteiger partial charge in [-0.25, -0.2) is 0 Å². The first kappa shape index (κ1) is 17.4. The summed E-state index contributed by atoms with van der Waals surface area (Å²) >= 11 is 1.46. The van der Waals surface area contributed by atoms with Crippen molar-refractivity contribution in [3.05, 3.63) is 30.1 Å². The zero-order chi connectivity index (χ0) is 17.9. The van der Waals surface area contributed by atoms with Gasteiger partial charge < -0.3 is 14.8 Å². The van der Waals surface area contributed by atoms with Gasteiger partial charge in [-0.05, 0) is 56.9 Å². The second kappa shape index (κ2) is 7.70. The molecule has 4 rings (SSSR count). The molecule has 0 spiro atoms. The van der Waals surface area contributed by atoms with E-state index in [1.54, 1.807) is 0 Å². The first-order valence-electron chi connectivity index (χ1n) is 9.45. The number of carbonyl (C=O) groups is 1. The monoisotopic (exact) mass is 371 g/mol. The van der Waals surface area contributed by atoms with Gasteiger partial charge in [0.1, 0.15) is 5.82 Å². The molecule has 1 aromatic heterocycles. The van der Waals surface area contributed by atoms with Crippen LogP contribution in [0.4, 0.5) is 11.4 Å². The van der Waals surface area contributed by atoms with Crippen molar-refractivity contribution in [2.45, 2.75) is 50.2 Å². The van der Waals surface area contributed by atoms with Crippen LogP contribution in [-0.2, 0) is 11.3 Å². The lowest BCUT2D eigenvalue weighted by atomic mass is 10.2. The highest BCUT2D eigenvalue weighted by atomic mass is 32.2. The molecule has 26 heavy (non-hydrogen) atoms. The second-order valence-electron chi connectivity index (χ2n) is 6.94. The zero-order valence-corrected chi connectivity index (χ0v) is 16.0. The molecule has 1 aliphatic carbocycles. The maximum Gasteiger partial charge on any atom is 0.234 e. The van der Waals surface area contributed by atoms with Gasteiger partial charge in [0.05, 0.1) is 5.75 Å². The number of anilines is 2. The molecule has 0 unspecified atom stereocenters. The Morgan fingerprint density at radius 3 is 2.58 bits per heavy atom. The third kappa shape index (κ3) is 3.87. The molecule has 1 N–H and O–H groups in total. The van der Waals surface area contributed by atoms with E-state index in [0.29, 0.717) is 11.7 Å². The molecule has 1 saturated carbocycles. The summed E-state index contributed by atoms with van der Waals surface area (Å²) < 4.78 is 2.14. The van der Waals surface area contributed by atoms with Crippen LogP contribution in [0.5, 0.6) is 0 Å². The maximum atomic E-state index is 12.3. The quantitative estimate of drug-likeness (QED) is 0.755. The molecule has 2 heterocycles. The number of carbonyl (C=O) groups excluding carboxylic acids is 1. The number of thioether (sulfide) groups is 1. The predicted octanol–water partition coefficient (Wildman–Crippen LogP) is 3.51. The number of rotatable bonds is 7. The van der Waals surface area contributed by atoms with E-state index in [0.717, 1.165) is 36.3 Å². The fourth-order valence-corrected chi connectivity index (χ4v) is 4.22. The highest BCUT2D eigenvalue weighted by Crippen LogP contribution is 2.40. The summed E-state index contributed by atoms with van der Waals surface area (Å²) in [5, 5.41) is 12.4. The van der Waals surface area contributed by atoms with Crippen LogP contribution >= 0.6 is 11.8 Å². The first-order valence-corrected chi connectivity index (χ1v) is 10.4. The molecule has 2 aliphatic rings. The highest BCUT2D eigenvalue weighted by molar-refractivity contribution is 7.99. The van der Waals surface area contributed by atoms with Gasteiger partial charge in [0.2, 0.25) is 5.91 Å². The average molecular weight is 372 g/mol. The number of nitrogens with zero attached hydrogens (tertiary/aromatic N) is 4. The fourth-order valence-electron chi connectivity index (χ4n) is 3.41. The number of hydrogen-bond acceptors (Lipinski definition) is 5. The van der Waals surface area contributed by atoms with E-state index < -0.39 is 0 Å². The lowest BCUT2D eigenvalue weighted by Crippen LogP contribution is -2.18. The van der Waals surface area contributed by atoms with Crippen molar-refractivity contribution in [1.29, 1.82) is 0 Å². The molecular formula is C19H25N5OS. The molecule has 6 nitrogen and oxygen atoms in total. The summed E-state index contributed by atoms with van der Waals surface area (Å²) in [6.45, 7) is 5.20. The Morgan fingerprint density at radius 1 is 1.19 bits per heavy atom. The van der Waals surface area contributed by atoms with Gasteiger partial charge in [-0.15, -0.1) is 10.2 Å². The lowest BCUT2D eigenvalue weighted by molar-refractivity contribution is -0.113. The van der Waals surface area contributed by atoms with Crippen LogP contribution in [0.3, 0.4) is 0 Å². The molecule has 138 valence electrons. The largest absolute Gasteiger partial charge is 0.372 e. The van der Waals surface area contributed by atoms with Crippen molar-refractivity contribution in [3.8, 4) is 0 Å². The molecule has 2 aromatic rings. The third-order valence-corrected chi connectivity index (χ3v) is 5.93. The maximum absolute atomic E-state index is 12.3. The highest BCUT2D eigenvalue weighted by Gasteiger charge is 2.30. The Hall–Kier alpha value is -2.02. The van der Waals surface area contributed by atoms with Crippen LogP contribution in [0, 0.1) is 0 Å². The molecule has 7 heteroatoms. The molecule has 0 atom stereocenters. The SMILES string of the molecule is CCn1c(SCC(=O)Nc2ccc(N3CCCC3)cc2)nnc1C1CC1. The van der Waals surface area contributed by atoms with E-state index in [-0.39, 0.29) is 5.91 Å². The molecule has 2 fully saturated rings. The van der Waals surface area contributed by atoms with E-state index in [1.165, 1.54) is 43.1 Å². The van der Waals surface area contributed by atoms with E-state index >= 15 is 0 Å². The molecular weight excluding hydrogens is 346 g/mol. The van der Waals surface area contributed by atoms with Gasteiger partial charge in [0.15, 0.2) is 5.16 Å². The van der Waals surface area contributed by atoms with Crippen LogP contribution in [-0.4, -0.2) is 39.5 Å². The van der Waals surface area contributed by atoms with Gasteiger partial charge in [0, 0.05) is 36.9 Å². The van der Waals surface area contributed by atoms with Crippen molar-refractivity contribution in [2.75, 3.05) is 29.1 Å². The number of benzene rings is 1. The van der Waals surface area contributed by atoms with E-state index in [2.05, 4.69) is 44.0 Å². The Balaban J connectivity index is 1.31. The van der Waals surface area contributed by atoms with Crippen molar-refractivity contribution >= 4 is 29.0 Å². The standard InChI is InChI=1S/C19H25N5OS/c1-2-24-18(14-5-6-14)21-22-19(24)26-13-17(25)20-15-7-9-16(10-8-15)23-11-3-4-12-23/h7-10,14H,2-6,11-13H2,1H3,(H,20,25). The molecule has 0 bridgehead atoms. The minimum atomic E-state index is -0.0115. The second-order valence-corrected chi connectivity index (χ2v) is 7.88. The van der Waals surface area contributed by atoms with Crippen LogP contribution < -0.4 is 10.2 Å². The van der Waals surface area contributed by atoms with Crippen molar-refractivity contribution in [3.63, 3.8) is 0 Å². The first-order chi connectivity index (χ1) is 12.7. The van der Waals surface area contributed by atoms with E-state index in [1.807, 2.05) is 12.1 Å².